The molecule has 0 aliphatic carbocycles. The van der Waals surface area contributed by atoms with Gasteiger partial charge in [0, 0.05) is 6.61 Å². The molecule has 0 aromatic heterocycles. The van der Waals surface area contributed by atoms with Crippen molar-refractivity contribution in [1.82, 2.24) is 0 Å². The highest BCUT2D eigenvalue weighted by Crippen LogP contribution is 2.33. The fourth-order valence-electron chi connectivity index (χ4n) is 0.973. The highest BCUT2D eigenvalue weighted by atomic mass is 35.5. The molecule has 0 radical (unpaired) electrons. The third-order valence-corrected chi connectivity index (χ3v) is 2.63. The van der Waals surface area contributed by atoms with Gasteiger partial charge in [0.05, 0.1) is 5.60 Å². The molecular weight excluding hydrogens is 159 g/mol. The largest absolute Gasteiger partial charge is 0.372 e. The predicted molar refractivity (Wildman–Crippen MR) is 39.1 cm³/mol. The van der Waals surface area contributed by atoms with Crippen LogP contribution in [0.25, 0.3) is 0 Å². The van der Waals surface area contributed by atoms with E-state index in [1.807, 2.05) is 6.92 Å². The van der Waals surface area contributed by atoms with Crippen LogP contribution in [0.4, 0.5) is 0 Å². The van der Waals surface area contributed by atoms with Crippen LogP contribution in [0.2, 0.25) is 0 Å². The van der Waals surface area contributed by atoms with Crippen molar-refractivity contribution in [3.05, 3.63) is 0 Å². The second kappa shape index (κ2) is 2.65. The van der Waals surface area contributed by atoms with Crippen molar-refractivity contribution < 1.29 is 4.74 Å². The molecule has 1 aliphatic rings. The van der Waals surface area contributed by atoms with Gasteiger partial charge in [0.25, 0.3) is 0 Å². The lowest BCUT2D eigenvalue weighted by Gasteiger charge is -2.23. The molecule has 1 unspecified atom stereocenters. The van der Waals surface area contributed by atoms with E-state index in [0.29, 0.717) is 0 Å². The molecule has 0 spiro atoms. The summed E-state index contributed by atoms with van der Waals surface area (Å²) in [4.78, 5) is -0.389. The molecule has 0 saturated carbocycles. The van der Waals surface area contributed by atoms with Gasteiger partial charge in [-0.2, -0.15) is 0 Å². The van der Waals surface area contributed by atoms with Crippen LogP contribution >= 0.6 is 23.2 Å². The van der Waals surface area contributed by atoms with Gasteiger partial charge in [0.2, 0.25) is 0 Å². The van der Waals surface area contributed by atoms with Gasteiger partial charge in [0.15, 0.2) is 0 Å². The number of alkyl halides is 2. The van der Waals surface area contributed by atoms with Gasteiger partial charge in [0.1, 0.15) is 4.84 Å². The summed E-state index contributed by atoms with van der Waals surface area (Å²) in [5.41, 5.74) is -0.275. The first-order valence-electron chi connectivity index (χ1n) is 3.07. The Bertz CT molecular complexity index is 97.2. The van der Waals surface area contributed by atoms with Gasteiger partial charge in [-0.25, -0.2) is 0 Å². The Morgan fingerprint density at radius 1 is 1.56 bits per heavy atom. The molecule has 0 bridgehead atoms. The number of hydrogen-bond donors (Lipinski definition) is 0. The topological polar surface area (TPSA) is 9.23 Å². The first-order valence-corrected chi connectivity index (χ1v) is 3.94. The summed E-state index contributed by atoms with van der Waals surface area (Å²) in [6, 6.07) is 0. The first-order chi connectivity index (χ1) is 4.15. The molecular formula is C6H10Cl2O. The molecule has 54 valence electrons. The van der Waals surface area contributed by atoms with Crippen LogP contribution in [0.1, 0.15) is 19.8 Å². The predicted octanol–water partition coefficient (Wildman–Crippen LogP) is 2.36. The average molecular weight is 169 g/mol. The van der Waals surface area contributed by atoms with E-state index in [-0.39, 0.29) is 10.4 Å². The van der Waals surface area contributed by atoms with Crippen molar-refractivity contribution in [2.45, 2.75) is 30.2 Å². The number of hydrogen-bond acceptors (Lipinski definition) is 1. The van der Waals surface area contributed by atoms with Crippen LogP contribution in [-0.4, -0.2) is 17.0 Å². The third-order valence-electron chi connectivity index (χ3n) is 1.71. The summed E-state index contributed by atoms with van der Waals surface area (Å²) < 4.78 is 5.34. The van der Waals surface area contributed by atoms with Crippen LogP contribution < -0.4 is 0 Å². The second-order valence-electron chi connectivity index (χ2n) is 2.57. The Hall–Kier alpha value is 0.540. The molecule has 0 aromatic carbocycles. The first kappa shape index (κ1) is 7.64. The van der Waals surface area contributed by atoms with Gasteiger partial charge < -0.3 is 4.74 Å². The highest BCUT2D eigenvalue weighted by molar-refractivity contribution is 6.45. The quantitative estimate of drug-likeness (QED) is 0.547. The van der Waals surface area contributed by atoms with E-state index in [0.717, 1.165) is 19.4 Å². The standard InChI is InChI=1S/C6H10Cl2O/c1-6(5(7)8)3-2-4-9-6/h5H,2-4H2,1H3. The molecule has 0 amide bonds. The van der Waals surface area contributed by atoms with Crippen LogP contribution in [0, 0.1) is 0 Å². The molecule has 0 aromatic rings. The van der Waals surface area contributed by atoms with Gasteiger partial charge in [-0.05, 0) is 19.8 Å². The van der Waals surface area contributed by atoms with E-state index in [9.17, 15) is 0 Å². The summed E-state index contributed by atoms with van der Waals surface area (Å²) in [5.74, 6) is 0. The number of ether oxygens (including phenoxy) is 1. The van der Waals surface area contributed by atoms with E-state index in [4.69, 9.17) is 27.9 Å². The summed E-state index contributed by atoms with van der Waals surface area (Å²) >= 11 is 11.3. The minimum absolute atomic E-state index is 0.275. The third kappa shape index (κ3) is 1.51. The maximum Gasteiger partial charge on any atom is 0.136 e. The van der Waals surface area contributed by atoms with Crippen LogP contribution in [0.15, 0.2) is 0 Å². The zero-order valence-corrected chi connectivity index (χ0v) is 6.87. The van der Waals surface area contributed by atoms with Crippen molar-refractivity contribution in [1.29, 1.82) is 0 Å². The van der Waals surface area contributed by atoms with E-state index in [1.165, 1.54) is 0 Å². The maximum absolute atomic E-state index is 5.67. The van der Waals surface area contributed by atoms with Gasteiger partial charge in [-0.15, -0.1) is 23.2 Å². The second-order valence-corrected chi connectivity index (χ2v) is 3.66. The Kier molecular flexibility index (Phi) is 2.25. The zero-order valence-electron chi connectivity index (χ0n) is 5.36. The van der Waals surface area contributed by atoms with E-state index in [1.54, 1.807) is 0 Å². The SMILES string of the molecule is CC1(C(Cl)Cl)CCCO1. The Labute approximate surface area is 65.3 Å². The molecule has 0 N–H and O–H groups in total. The van der Waals surface area contributed by atoms with Crippen molar-refractivity contribution >= 4 is 23.2 Å². The van der Waals surface area contributed by atoms with Crippen LogP contribution in [0.3, 0.4) is 0 Å². The smallest absolute Gasteiger partial charge is 0.136 e. The van der Waals surface area contributed by atoms with Gasteiger partial charge >= 0.3 is 0 Å². The molecule has 1 atom stereocenters. The Balaban J connectivity index is 2.51. The lowest BCUT2D eigenvalue weighted by Crippen LogP contribution is -2.30. The number of rotatable bonds is 1. The molecule has 3 heteroatoms. The molecule has 1 heterocycles. The number of halogens is 2. The Morgan fingerprint density at radius 3 is 2.44 bits per heavy atom. The van der Waals surface area contributed by atoms with E-state index >= 15 is 0 Å². The van der Waals surface area contributed by atoms with Crippen molar-refractivity contribution in [3.63, 3.8) is 0 Å². The van der Waals surface area contributed by atoms with E-state index in [2.05, 4.69) is 0 Å². The summed E-state index contributed by atoms with van der Waals surface area (Å²) in [7, 11) is 0. The lowest BCUT2D eigenvalue weighted by molar-refractivity contribution is 0.0318. The fourth-order valence-corrected chi connectivity index (χ4v) is 1.32. The lowest BCUT2D eigenvalue weighted by atomic mass is 10.1. The van der Waals surface area contributed by atoms with Crippen molar-refractivity contribution in [2.24, 2.45) is 0 Å². The molecule has 9 heavy (non-hydrogen) atoms. The minimum Gasteiger partial charge on any atom is -0.372 e. The minimum atomic E-state index is -0.389. The van der Waals surface area contributed by atoms with Gasteiger partial charge in [-0.1, -0.05) is 0 Å². The normalized spacial score (nSPS) is 36.0. The summed E-state index contributed by atoms with van der Waals surface area (Å²) in [5, 5.41) is 0. The molecule has 1 saturated heterocycles. The van der Waals surface area contributed by atoms with Crippen molar-refractivity contribution in [2.75, 3.05) is 6.61 Å². The monoisotopic (exact) mass is 168 g/mol. The average Bonchev–Trinajstić information content (AvgIpc) is 2.16. The van der Waals surface area contributed by atoms with Crippen LogP contribution in [-0.2, 0) is 4.74 Å². The fraction of sp³-hybridized carbons (Fsp3) is 1.00. The van der Waals surface area contributed by atoms with Crippen LogP contribution in [0.5, 0.6) is 0 Å². The molecule has 1 rings (SSSR count). The summed E-state index contributed by atoms with van der Waals surface area (Å²) in [6.07, 6.45) is 2.05. The Morgan fingerprint density at radius 2 is 2.22 bits per heavy atom. The molecule has 1 fully saturated rings. The van der Waals surface area contributed by atoms with Gasteiger partial charge in [-0.3, -0.25) is 0 Å². The van der Waals surface area contributed by atoms with E-state index < -0.39 is 0 Å². The maximum atomic E-state index is 5.67. The molecule has 1 nitrogen and oxygen atoms in total. The zero-order chi connectivity index (χ0) is 6.91. The highest BCUT2D eigenvalue weighted by Gasteiger charge is 2.35. The summed E-state index contributed by atoms with van der Waals surface area (Å²) in [6.45, 7) is 2.75. The molecule has 1 aliphatic heterocycles. The van der Waals surface area contributed by atoms with Crippen molar-refractivity contribution in [3.8, 4) is 0 Å².